The number of fused-ring (bicyclic) bond motifs is 2. The normalized spacial score (nSPS) is 18.5. The van der Waals surface area contributed by atoms with Crippen molar-refractivity contribution >= 4 is 11.7 Å². The maximum absolute atomic E-state index is 12.3. The number of hydrogen-bond acceptors (Lipinski definition) is 3. The number of pyridine rings is 1. The van der Waals surface area contributed by atoms with Crippen LogP contribution >= 0.6 is 0 Å². The van der Waals surface area contributed by atoms with Gasteiger partial charge >= 0.3 is 6.03 Å². The van der Waals surface area contributed by atoms with Crippen LogP contribution < -0.4 is 15.4 Å². The summed E-state index contributed by atoms with van der Waals surface area (Å²) in [6, 6.07) is 9.61. The van der Waals surface area contributed by atoms with Gasteiger partial charge in [-0.1, -0.05) is 6.07 Å². The van der Waals surface area contributed by atoms with Gasteiger partial charge in [-0.15, -0.1) is 0 Å². The number of anilines is 1. The first-order valence-electron chi connectivity index (χ1n) is 8.06. The van der Waals surface area contributed by atoms with Crippen LogP contribution in [0, 0.1) is 0 Å². The van der Waals surface area contributed by atoms with Gasteiger partial charge in [-0.2, -0.15) is 0 Å². The highest BCUT2D eigenvalue weighted by atomic mass is 16.5. The van der Waals surface area contributed by atoms with Crippen LogP contribution in [0.2, 0.25) is 0 Å². The maximum atomic E-state index is 12.3. The summed E-state index contributed by atoms with van der Waals surface area (Å²) in [6.45, 7) is 0.719. The van der Waals surface area contributed by atoms with Gasteiger partial charge in [0.05, 0.1) is 12.6 Å². The predicted octanol–water partition coefficient (Wildman–Crippen LogP) is 3.22. The van der Waals surface area contributed by atoms with E-state index < -0.39 is 0 Å². The molecular weight excluding hydrogens is 290 g/mol. The number of carbonyl (C=O) groups is 1. The Morgan fingerprint density at radius 3 is 3.17 bits per heavy atom. The van der Waals surface area contributed by atoms with Crippen LogP contribution in [0.25, 0.3) is 0 Å². The third-order valence-corrected chi connectivity index (χ3v) is 4.46. The summed E-state index contributed by atoms with van der Waals surface area (Å²) in [6.07, 6.45) is 5.69. The molecule has 2 aliphatic rings. The van der Waals surface area contributed by atoms with Crippen molar-refractivity contribution in [1.82, 2.24) is 10.3 Å². The Labute approximate surface area is 135 Å². The molecule has 0 fully saturated rings. The summed E-state index contributed by atoms with van der Waals surface area (Å²) in [5.74, 6) is 0.920. The fourth-order valence-corrected chi connectivity index (χ4v) is 3.35. The van der Waals surface area contributed by atoms with Crippen LogP contribution in [0.3, 0.4) is 0 Å². The van der Waals surface area contributed by atoms with Gasteiger partial charge in [-0.05, 0) is 54.7 Å². The third kappa shape index (κ3) is 2.86. The van der Waals surface area contributed by atoms with Crippen molar-refractivity contribution < 1.29 is 9.53 Å². The van der Waals surface area contributed by atoms with Gasteiger partial charge in [0.15, 0.2) is 0 Å². The minimum Gasteiger partial charge on any atom is -0.493 e. The molecule has 5 nitrogen and oxygen atoms in total. The van der Waals surface area contributed by atoms with Crippen molar-refractivity contribution in [2.24, 2.45) is 0 Å². The van der Waals surface area contributed by atoms with Crippen molar-refractivity contribution in [1.29, 1.82) is 0 Å². The minimum atomic E-state index is -0.175. The van der Waals surface area contributed by atoms with Crippen LogP contribution in [0.5, 0.6) is 5.75 Å². The van der Waals surface area contributed by atoms with E-state index in [1.165, 1.54) is 0 Å². The summed E-state index contributed by atoms with van der Waals surface area (Å²) in [5.41, 5.74) is 4.18. The van der Waals surface area contributed by atoms with Gasteiger partial charge in [0.25, 0.3) is 0 Å². The summed E-state index contributed by atoms with van der Waals surface area (Å²) in [5, 5.41) is 5.99. The molecule has 2 aromatic rings. The largest absolute Gasteiger partial charge is 0.493 e. The predicted molar refractivity (Wildman–Crippen MR) is 87.7 cm³/mol. The monoisotopic (exact) mass is 309 g/mol. The molecule has 0 saturated heterocycles. The summed E-state index contributed by atoms with van der Waals surface area (Å²) < 4.78 is 5.48. The number of nitrogens with zero attached hydrogens (tertiary/aromatic N) is 1. The first-order chi connectivity index (χ1) is 11.3. The number of ether oxygens (including phenoxy) is 1. The molecule has 118 valence electrons. The highest BCUT2D eigenvalue weighted by Gasteiger charge is 2.22. The molecule has 0 radical (unpaired) electrons. The molecular formula is C18H19N3O2. The van der Waals surface area contributed by atoms with Crippen LogP contribution in [0.15, 0.2) is 36.5 Å². The molecule has 0 spiro atoms. The Bertz CT molecular complexity index is 745. The molecule has 1 atom stereocenters. The molecule has 2 amide bonds. The lowest BCUT2D eigenvalue weighted by molar-refractivity contribution is 0.247. The molecule has 0 bridgehead atoms. The van der Waals surface area contributed by atoms with Crippen LogP contribution in [0.4, 0.5) is 10.5 Å². The second-order valence-electron chi connectivity index (χ2n) is 6.00. The lowest BCUT2D eigenvalue weighted by Gasteiger charge is -2.25. The zero-order valence-corrected chi connectivity index (χ0v) is 12.8. The Kier molecular flexibility index (Phi) is 3.61. The topological polar surface area (TPSA) is 63.2 Å². The maximum Gasteiger partial charge on any atom is 0.319 e. The number of aryl methyl sites for hydroxylation is 1. The number of hydrogen-bond donors (Lipinski definition) is 2. The van der Waals surface area contributed by atoms with Crippen molar-refractivity contribution in [2.45, 2.75) is 31.7 Å². The molecule has 1 aromatic heterocycles. The Balaban J connectivity index is 1.45. The second kappa shape index (κ2) is 5.91. The minimum absolute atomic E-state index is 0.0326. The number of rotatable bonds is 2. The van der Waals surface area contributed by atoms with E-state index in [2.05, 4.69) is 21.7 Å². The Hall–Kier alpha value is -2.56. The molecule has 1 unspecified atom stereocenters. The van der Waals surface area contributed by atoms with Gasteiger partial charge in [-0.25, -0.2) is 4.79 Å². The van der Waals surface area contributed by atoms with E-state index in [0.717, 1.165) is 60.5 Å². The van der Waals surface area contributed by atoms with Crippen molar-refractivity contribution in [3.63, 3.8) is 0 Å². The summed E-state index contributed by atoms with van der Waals surface area (Å²) in [7, 11) is 0. The smallest absolute Gasteiger partial charge is 0.319 e. The van der Waals surface area contributed by atoms with Gasteiger partial charge in [0.2, 0.25) is 0 Å². The SMILES string of the molecule is O=C(Nc1ccc2c(c1)CCO2)NC1CCCc2ncccc21. The number of nitrogens with one attached hydrogen (secondary N) is 2. The first kappa shape index (κ1) is 14.1. The molecule has 2 heterocycles. The van der Waals surface area contributed by atoms with E-state index in [1.54, 1.807) is 0 Å². The van der Waals surface area contributed by atoms with Gasteiger partial charge < -0.3 is 15.4 Å². The summed E-state index contributed by atoms with van der Waals surface area (Å²) in [4.78, 5) is 16.7. The molecule has 23 heavy (non-hydrogen) atoms. The van der Waals surface area contributed by atoms with E-state index in [4.69, 9.17) is 4.74 Å². The highest BCUT2D eigenvalue weighted by molar-refractivity contribution is 5.89. The molecule has 1 aliphatic heterocycles. The molecule has 5 heteroatoms. The second-order valence-corrected chi connectivity index (χ2v) is 6.00. The van der Waals surface area contributed by atoms with Crippen molar-refractivity contribution in [2.75, 3.05) is 11.9 Å². The Morgan fingerprint density at radius 2 is 2.22 bits per heavy atom. The standard InChI is InChI=1S/C18H19N3O2/c22-18(20-13-6-7-17-12(11-13)8-10-23-17)21-16-5-1-4-15-14(16)3-2-9-19-15/h2-3,6-7,9,11,16H,1,4-5,8,10H2,(H2,20,21,22). The van der Waals surface area contributed by atoms with E-state index in [-0.39, 0.29) is 12.1 Å². The third-order valence-electron chi connectivity index (χ3n) is 4.46. The highest BCUT2D eigenvalue weighted by Crippen LogP contribution is 2.29. The van der Waals surface area contributed by atoms with Gasteiger partial charge in [0.1, 0.15) is 5.75 Å². The molecule has 0 saturated carbocycles. The average molecular weight is 309 g/mol. The number of aromatic nitrogens is 1. The van der Waals surface area contributed by atoms with Crippen molar-refractivity contribution in [3.05, 3.63) is 53.3 Å². The number of benzene rings is 1. The Morgan fingerprint density at radius 1 is 1.26 bits per heavy atom. The van der Waals surface area contributed by atoms with E-state index >= 15 is 0 Å². The van der Waals surface area contributed by atoms with Gasteiger partial charge in [-0.3, -0.25) is 4.98 Å². The fraction of sp³-hybridized carbons (Fsp3) is 0.333. The van der Waals surface area contributed by atoms with E-state index in [0.29, 0.717) is 0 Å². The first-order valence-corrected chi connectivity index (χ1v) is 8.06. The van der Waals surface area contributed by atoms with Gasteiger partial charge in [0, 0.05) is 24.0 Å². The molecule has 2 N–H and O–H groups in total. The van der Waals surface area contributed by atoms with Crippen LogP contribution in [-0.2, 0) is 12.8 Å². The lowest BCUT2D eigenvalue weighted by Crippen LogP contribution is -2.34. The van der Waals surface area contributed by atoms with E-state index in [9.17, 15) is 4.79 Å². The lowest BCUT2D eigenvalue weighted by atomic mass is 9.91. The number of urea groups is 1. The summed E-state index contributed by atoms with van der Waals surface area (Å²) >= 11 is 0. The molecule has 4 rings (SSSR count). The number of carbonyl (C=O) groups excluding carboxylic acids is 1. The van der Waals surface area contributed by atoms with Crippen LogP contribution in [-0.4, -0.2) is 17.6 Å². The van der Waals surface area contributed by atoms with Crippen LogP contribution in [0.1, 0.15) is 35.7 Å². The zero-order valence-electron chi connectivity index (χ0n) is 12.8. The zero-order chi connectivity index (χ0) is 15.6. The molecule has 1 aromatic carbocycles. The molecule has 1 aliphatic carbocycles. The van der Waals surface area contributed by atoms with E-state index in [1.807, 2.05) is 30.5 Å². The quantitative estimate of drug-likeness (QED) is 0.895. The van der Waals surface area contributed by atoms with Crippen molar-refractivity contribution in [3.8, 4) is 5.75 Å². The average Bonchev–Trinajstić information content (AvgIpc) is 3.03. The number of amides is 2. The fourth-order valence-electron chi connectivity index (χ4n) is 3.35.